The average molecular weight is 215 g/mol. The van der Waals surface area contributed by atoms with Crippen LogP contribution in [0.4, 0.5) is 0 Å². The Morgan fingerprint density at radius 1 is 1.57 bits per heavy atom. The van der Waals surface area contributed by atoms with Crippen molar-refractivity contribution >= 4 is 17.3 Å². The van der Waals surface area contributed by atoms with Crippen molar-refractivity contribution in [3.8, 4) is 0 Å². The Morgan fingerprint density at radius 3 is 2.86 bits per heavy atom. The fraction of sp³-hybridized carbons (Fsp3) is 0.556. The third-order valence-electron chi connectivity index (χ3n) is 1.80. The van der Waals surface area contributed by atoms with Gasteiger partial charge in [0.1, 0.15) is 0 Å². The highest BCUT2D eigenvalue weighted by Crippen LogP contribution is 2.19. The van der Waals surface area contributed by atoms with Crippen molar-refractivity contribution in [2.75, 3.05) is 6.61 Å². The van der Waals surface area contributed by atoms with Gasteiger partial charge in [0.15, 0.2) is 0 Å². The summed E-state index contributed by atoms with van der Waals surface area (Å²) in [7, 11) is 0. The summed E-state index contributed by atoms with van der Waals surface area (Å²) in [6.45, 7) is 1.96. The van der Waals surface area contributed by atoms with Crippen LogP contribution in [0.3, 0.4) is 0 Å². The lowest BCUT2D eigenvalue weighted by molar-refractivity contribution is -0.136. The van der Waals surface area contributed by atoms with E-state index >= 15 is 0 Å². The summed E-state index contributed by atoms with van der Waals surface area (Å²) >= 11 is 1.42. The Balaban J connectivity index is 2.66. The minimum atomic E-state index is -0.828. The average Bonchev–Trinajstić information content (AvgIpc) is 2.43. The molecule has 4 nitrogen and oxygen atoms in total. The van der Waals surface area contributed by atoms with Crippen molar-refractivity contribution in [2.24, 2.45) is 0 Å². The molecular weight excluding hydrogens is 202 g/mol. The van der Waals surface area contributed by atoms with E-state index < -0.39 is 5.97 Å². The van der Waals surface area contributed by atoms with Crippen molar-refractivity contribution in [3.05, 3.63) is 15.6 Å². The highest BCUT2D eigenvalue weighted by atomic mass is 32.1. The van der Waals surface area contributed by atoms with Crippen LogP contribution in [-0.4, -0.2) is 27.8 Å². The maximum atomic E-state index is 10.5. The molecule has 0 spiro atoms. The lowest BCUT2D eigenvalue weighted by Crippen LogP contribution is -1.99. The molecule has 1 rings (SSSR count). The molecule has 5 heteroatoms. The number of aromatic nitrogens is 1. The van der Waals surface area contributed by atoms with Crippen LogP contribution in [0.15, 0.2) is 0 Å². The Bertz CT molecular complexity index is 322. The fourth-order valence-electron chi connectivity index (χ4n) is 1.13. The zero-order chi connectivity index (χ0) is 10.6. The molecule has 0 saturated carbocycles. The highest BCUT2D eigenvalue weighted by Gasteiger charge is 2.10. The highest BCUT2D eigenvalue weighted by molar-refractivity contribution is 7.11. The molecule has 0 atom stereocenters. The van der Waals surface area contributed by atoms with Gasteiger partial charge >= 0.3 is 5.97 Å². The normalized spacial score (nSPS) is 10.4. The molecule has 0 aliphatic heterocycles. The molecule has 2 N–H and O–H groups in total. The molecule has 0 aliphatic rings. The Hall–Kier alpha value is -0.940. The quantitative estimate of drug-likeness (QED) is 0.768. The Labute approximate surface area is 86.2 Å². The van der Waals surface area contributed by atoms with Crippen LogP contribution in [0.5, 0.6) is 0 Å². The minimum absolute atomic E-state index is 0.0443. The summed E-state index contributed by atoms with van der Waals surface area (Å²) in [6, 6.07) is 0. The number of thiazole rings is 1. The number of rotatable bonds is 5. The second-order valence-electron chi connectivity index (χ2n) is 3.01. The molecule has 0 fully saturated rings. The van der Waals surface area contributed by atoms with E-state index in [1.807, 2.05) is 6.92 Å². The Kier molecular flexibility index (Phi) is 4.03. The second-order valence-corrected chi connectivity index (χ2v) is 4.18. The van der Waals surface area contributed by atoms with Gasteiger partial charge in [-0.3, -0.25) is 4.79 Å². The number of carboxylic acids is 1. The van der Waals surface area contributed by atoms with E-state index in [0.29, 0.717) is 6.42 Å². The van der Waals surface area contributed by atoms with Gasteiger partial charge < -0.3 is 10.2 Å². The van der Waals surface area contributed by atoms with Crippen LogP contribution in [0.2, 0.25) is 0 Å². The molecule has 0 aliphatic carbocycles. The van der Waals surface area contributed by atoms with Gasteiger partial charge in [-0.25, -0.2) is 4.98 Å². The number of carbonyl (C=O) groups is 1. The van der Waals surface area contributed by atoms with Crippen molar-refractivity contribution in [1.82, 2.24) is 4.98 Å². The monoisotopic (exact) mass is 215 g/mol. The lowest BCUT2D eigenvalue weighted by atomic mass is 10.3. The molecule has 0 radical (unpaired) electrons. The van der Waals surface area contributed by atoms with E-state index in [2.05, 4.69) is 4.98 Å². The third kappa shape index (κ3) is 3.08. The largest absolute Gasteiger partial charge is 0.481 e. The number of hydrogen-bond donors (Lipinski definition) is 2. The molecular formula is C9H13NO3S. The molecule has 78 valence electrons. The first kappa shape index (κ1) is 11.1. The number of aryl methyl sites for hydroxylation is 2. The second kappa shape index (κ2) is 5.07. The van der Waals surface area contributed by atoms with E-state index in [-0.39, 0.29) is 13.0 Å². The molecule has 1 aromatic heterocycles. The van der Waals surface area contributed by atoms with Crippen molar-refractivity contribution in [2.45, 2.75) is 26.2 Å². The van der Waals surface area contributed by atoms with E-state index in [4.69, 9.17) is 10.2 Å². The summed E-state index contributed by atoms with van der Waals surface area (Å²) in [5.74, 6) is -0.828. The van der Waals surface area contributed by atoms with E-state index in [9.17, 15) is 4.79 Å². The van der Waals surface area contributed by atoms with Gasteiger partial charge in [-0.1, -0.05) is 0 Å². The van der Waals surface area contributed by atoms with Gasteiger partial charge in [0, 0.05) is 17.9 Å². The van der Waals surface area contributed by atoms with Crippen LogP contribution in [0, 0.1) is 6.92 Å². The molecule has 0 aromatic carbocycles. The molecule has 14 heavy (non-hydrogen) atoms. The van der Waals surface area contributed by atoms with Gasteiger partial charge in [0.25, 0.3) is 0 Å². The maximum Gasteiger partial charge on any atom is 0.308 e. The van der Waals surface area contributed by atoms with Gasteiger partial charge in [-0.15, -0.1) is 11.3 Å². The number of carboxylic acid groups (broad SMARTS) is 1. The molecule has 0 bridgehead atoms. The predicted octanol–water partition coefficient (Wildman–Crippen LogP) is 1.00. The standard InChI is InChI=1S/C9H13NO3S/c1-6-7(5-9(12)13)14-8(10-6)3-2-4-11/h11H,2-5H2,1H3,(H,12,13). The van der Waals surface area contributed by atoms with E-state index in [1.165, 1.54) is 11.3 Å². The smallest absolute Gasteiger partial charge is 0.308 e. The Morgan fingerprint density at radius 2 is 2.29 bits per heavy atom. The van der Waals surface area contributed by atoms with E-state index in [1.54, 1.807) is 0 Å². The number of aliphatic carboxylic acids is 1. The van der Waals surface area contributed by atoms with Crippen LogP contribution in [0.25, 0.3) is 0 Å². The molecule has 0 amide bonds. The fourth-order valence-corrected chi connectivity index (χ4v) is 2.23. The van der Waals surface area contributed by atoms with Crippen LogP contribution < -0.4 is 0 Å². The van der Waals surface area contributed by atoms with Crippen molar-refractivity contribution < 1.29 is 15.0 Å². The summed E-state index contributed by atoms with van der Waals surface area (Å²) < 4.78 is 0. The SMILES string of the molecule is Cc1nc(CCCO)sc1CC(=O)O. The summed E-state index contributed by atoms with van der Waals surface area (Å²) in [4.78, 5) is 15.5. The van der Waals surface area contributed by atoms with Gasteiger partial charge in [0.05, 0.1) is 17.1 Å². The molecule has 0 saturated heterocycles. The van der Waals surface area contributed by atoms with Crippen LogP contribution in [-0.2, 0) is 17.6 Å². The van der Waals surface area contributed by atoms with Crippen molar-refractivity contribution in [3.63, 3.8) is 0 Å². The minimum Gasteiger partial charge on any atom is -0.481 e. The summed E-state index contributed by atoms with van der Waals surface area (Å²) in [5, 5.41) is 18.2. The summed E-state index contributed by atoms with van der Waals surface area (Å²) in [6.07, 6.45) is 1.45. The zero-order valence-corrected chi connectivity index (χ0v) is 8.80. The van der Waals surface area contributed by atoms with Crippen LogP contribution >= 0.6 is 11.3 Å². The topological polar surface area (TPSA) is 70.4 Å². The van der Waals surface area contributed by atoms with Crippen molar-refractivity contribution in [1.29, 1.82) is 0 Å². The first-order chi connectivity index (χ1) is 6.63. The zero-order valence-electron chi connectivity index (χ0n) is 7.99. The molecule has 1 heterocycles. The first-order valence-electron chi connectivity index (χ1n) is 4.41. The first-order valence-corrected chi connectivity index (χ1v) is 5.23. The van der Waals surface area contributed by atoms with Gasteiger partial charge in [-0.2, -0.15) is 0 Å². The van der Waals surface area contributed by atoms with Gasteiger partial charge in [0.2, 0.25) is 0 Å². The van der Waals surface area contributed by atoms with Gasteiger partial charge in [-0.05, 0) is 13.3 Å². The summed E-state index contributed by atoms with van der Waals surface area (Å²) in [5.41, 5.74) is 0.797. The molecule has 0 unspecified atom stereocenters. The lowest BCUT2D eigenvalue weighted by Gasteiger charge is -1.90. The molecule has 1 aromatic rings. The maximum absolute atomic E-state index is 10.5. The number of aliphatic hydroxyl groups is 1. The third-order valence-corrected chi connectivity index (χ3v) is 3.01. The number of hydrogen-bond acceptors (Lipinski definition) is 4. The number of nitrogens with zero attached hydrogens (tertiary/aromatic N) is 1. The van der Waals surface area contributed by atoms with E-state index in [0.717, 1.165) is 22.0 Å². The predicted molar refractivity (Wildman–Crippen MR) is 53.6 cm³/mol. The van der Waals surface area contributed by atoms with Crippen LogP contribution in [0.1, 0.15) is 22.0 Å². The number of aliphatic hydroxyl groups excluding tert-OH is 1.